The number of nitrogens with two attached hydrogens (primary N) is 1. The first-order valence-corrected chi connectivity index (χ1v) is 10.6. The smallest absolute Gasteiger partial charge is 0.331 e. The minimum Gasteiger partial charge on any atom is -0.479 e. The number of nitrogens with zero attached hydrogens (tertiary/aromatic N) is 3. The molecule has 12 heteroatoms. The van der Waals surface area contributed by atoms with Gasteiger partial charge in [0, 0.05) is 23.1 Å². The van der Waals surface area contributed by atoms with Gasteiger partial charge in [0.25, 0.3) is 5.91 Å². The minimum atomic E-state index is -1.13. The van der Waals surface area contributed by atoms with Crippen LogP contribution in [0.4, 0.5) is 5.13 Å². The molecule has 1 saturated heterocycles. The molecule has 4 heterocycles. The van der Waals surface area contributed by atoms with Gasteiger partial charge in [-0.1, -0.05) is 6.07 Å². The number of aromatic nitrogens is 2. The van der Waals surface area contributed by atoms with Crippen LogP contribution in [0.3, 0.4) is 0 Å². The van der Waals surface area contributed by atoms with Crippen molar-refractivity contribution in [1.82, 2.24) is 15.2 Å². The summed E-state index contributed by atoms with van der Waals surface area (Å²) in [6.07, 6.45) is 3.63. The third-order valence-electron chi connectivity index (χ3n) is 4.74. The van der Waals surface area contributed by atoms with E-state index in [1.807, 2.05) is 35.2 Å². The summed E-state index contributed by atoms with van der Waals surface area (Å²) < 4.78 is 1.83. The fourth-order valence-electron chi connectivity index (χ4n) is 3.32. The molecule has 0 spiro atoms. The lowest BCUT2D eigenvalue weighted by atomic mass is 9.97. The van der Waals surface area contributed by atoms with Crippen LogP contribution in [0, 0.1) is 5.41 Å². The summed E-state index contributed by atoms with van der Waals surface area (Å²) in [5, 5.41) is 23.1. The molecule has 30 heavy (non-hydrogen) atoms. The molecule has 0 aromatic carbocycles. The van der Waals surface area contributed by atoms with E-state index in [4.69, 9.17) is 11.1 Å². The Labute approximate surface area is 178 Å². The maximum atomic E-state index is 12.7. The largest absolute Gasteiger partial charge is 0.479 e. The van der Waals surface area contributed by atoms with Gasteiger partial charge in [-0.15, -0.1) is 23.1 Å². The first-order chi connectivity index (χ1) is 14.4. The van der Waals surface area contributed by atoms with Crippen molar-refractivity contribution in [2.45, 2.75) is 24.0 Å². The molecule has 0 saturated carbocycles. The predicted octanol–water partition coefficient (Wildman–Crippen LogP) is -0.182. The fourth-order valence-corrected chi connectivity index (χ4v) is 5.09. The van der Waals surface area contributed by atoms with Crippen LogP contribution >= 0.6 is 23.1 Å². The van der Waals surface area contributed by atoms with E-state index in [0.29, 0.717) is 12.1 Å². The maximum absolute atomic E-state index is 12.7. The summed E-state index contributed by atoms with van der Waals surface area (Å²) >= 11 is 2.38. The van der Waals surface area contributed by atoms with Gasteiger partial charge in [-0.05, 0) is 5.41 Å². The van der Waals surface area contributed by atoms with Crippen molar-refractivity contribution in [3.05, 3.63) is 52.6 Å². The molecule has 4 rings (SSSR count). The molecule has 1 fully saturated rings. The average molecular weight is 446 g/mol. The number of nitrogen functional groups attached to an aromatic ring is 1. The van der Waals surface area contributed by atoms with E-state index < -0.39 is 41.0 Å². The van der Waals surface area contributed by atoms with E-state index in [1.165, 1.54) is 22.0 Å². The summed E-state index contributed by atoms with van der Waals surface area (Å²) in [5.41, 5.74) is 5.82. The zero-order chi connectivity index (χ0) is 21.4. The lowest BCUT2D eigenvalue weighted by molar-refractivity contribution is -0.689. The molecule has 2 amide bonds. The van der Waals surface area contributed by atoms with E-state index in [2.05, 4.69) is 10.3 Å². The Hall–Kier alpha value is -3.25. The molecule has 10 nitrogen and oxygen atoms in total. The molecular weight excluding hydrogens is 428 g/mol. The molecule has 154 valence electrons. The second-order valence-corrected chi connectivity index (χ2v) is 8.53. The maximum Gasteiger partial charge on any atom is 0.331 e. The summed E-state index contributed by atoms with van der Waals surface area (Å²) in [6, 6.07) is 3.50. The van der Waals surface area contributed by atoms with Crippen molar-refractivity contribution in [2.75, 3.05) is 5.73 Å². The summed E-state index contributed by atoms with van der Waals surface area (Å²) in [5.74, 6) is -2.39. The molecule has 3 atom stereocenters. The van der Waals surface area contributed by atoms with Crippen molar-refractivity contribution in [1.29, 1.82) is 5.41 Å². The van der Waals surface area contributed by atoms with Crippen LogP contribution in [-0.2, 0) is 20.9 Å². The van der Waals surface area contributed by atoms with Gasteiger partial charge >= 0.3 is 5.97 Å². The molecule has 1 unspecified atom stereocenters. The Morgan fingerprint density at radius 3 is 2.70 bits per heavy atom. The van der Waals surface area contributed by atoms with Gasteiger partial charge in [0.1, 0.15) is 22.8 Å². The summed E-state index contributed by atoms with van der Waals surface area (Å²) in [7, 11) is 0. The van der Waals surface area contributed by atoms with Crippen LogP contribution < -0.4 is 15.6 Å². The number of carbonyl (C=O) groups excluding carboxylic acids is 2. The number of pyridine rings is 1. The van der Waals surface area contributed by atoms with Gasteiger partial charge in [0.05, 0.1) is 0 Å². The Kier molecular flexibility index (Phi) is 5.26. The Bertz CT molecular complexity index is 1070. The number of carboxylic acids is 1. The van der Waals surface area contributed by atoms with Gasteiger partial charge < -0.3 is 21.1 Å². The normalized spacial score (nSPS) is 22.5. The van der Waals surface area contributed by atoms with E-state index >= 15 is 0 Å². The molecule has 2 aromatic heterocycles. The van der Waals surface area contributed by atoms with E-state index in [0.717, 1.165) is 11.3 Å². The van der Waals surface area contributed by atoms with Crippen molar-refractivity contribution in [3.8, 4) is 0 Å². The first-order valence-electron chi connectivity index (χ1n) is 8.81. The van der Waals surface area contributed by atoms with E-state index in [9.17, 15) is 19.5 Å². The van der Waals surface area contributed by atoms with Crippen LogP contribution in [0.2, 0.25) is 0 Å². The van der Waals surface area contributed by atoms with Crippen LogP contribution in [0.15, 0.2) is 47.0 Å². The lowest BCUT2D eigenvalue weighted by Gasteiger charge is -2.51. The number of aliphatic carboxylic acids is 1. The Balaban J connectivity index is 1.49. The number of thioether (sulfide) groups is 1. The lowest BCUT2D eigenvalue weighted by Crippen LogP contribution is -2.74. The fraction of sp³-hybridized carbons (Fsp3) is 0.222. The van der Waals surface area contributed by atoms with Gasteiger partial charge in [0.15, 0.2) is 30.1 Å². The van der Waals surface area contributed by atoms with Crippen molar-refractivity contribution >= 4 is 51.7 Å². The number of carbonyl (C=O) groups is 3. The van der Waals surface area contributed by atoms with E-state index in [-0.39, 0.29) is 10.8 Å². The summed E-state index contributed by atoms with van der Waals surface area (Å²) in [6.45, 7) is 0.328. The quantitative estimate of drug-likeness (QED) is 0.273. The summed E-state index contributed by atoms with van der Waals surface area (Å²) in [4.78, 5) is 42.1. The number of hydrogen-bond acceptors (Lipinski definition) is 8. The number of fused-ring (bicyclic) bond motifs is 1. The highest BCUT2D eigenvalue weighted by molar-refractivity contribution is 8.02. The molecule has 2 aliphatic rings. The van der Waals surface area contributed by atoms with Crippen LogP contribution in [0.1, 0.15) is 5.69 Å². The number of anilines is 1. The zero-order valence-corrected chi connectivity index (χ0v) is 17.0. The minimum absolute atomic E-state index is 0.125. The Morgan fingerprint density at radius 1 is 1.33 bits per heavy atom. The van der Waals surface area contributed by atoms with Crippen molar-refractivity contribution < 1.29 is 24.1 Å². The van der Waals surface area contributed by atoms with E-state index in [1.54, 1.807) is 5.41 Å². The molecular formula is C18H17N6O4S2+. The monoisotopic (exact) mass is 445 g/mol. The average Bonchev–Trinajstić information content (AvgIpc) is 3.17. The van der Waals surface area contributed by atoms with Crippen LogP contribution in [0.25, 0.3) is 0 Å². The third kappa shape index (κ3) is 3.55. The third-order valence-corrected chi connectivity index (χ3v) is 6.63. The SMILES string of the molecule is N=C(C(=O)N[C@@H]1C(=O)N2C(C(=O)O)C(C[n+]3ccccc3)=CS[C@H]12)c1csc(N)n1. The molecule has 2 aliphatic heterocycles. The number of rotatable bonds is 6. The van der Waals surface area contributed by atoms with Crippen molar-refractivity contribution in [3.63, 3.8) is 0 Å². The molecule has 0 radical (unpaired) electrons. The highest BCUT2D eigenvalue weighted by atomic mass is 32.2. The van der Waals surface area contributed by atoms with Crippen LogP contribution in [0.5, 0.6) is 0 Å². The topological polar surface area (TPSA) is 153 Å². The standard InChI is InChI=1S/C18H16N6O4S2/c19-11(10-8-30-18(20)21-10)14(25)22-12-15(26)24-13(17(27)28)9(7-29-16(12)24)6-23-4-2-1-3-5-23/h1-5,7-8,12-13,16,19H,6H2,(H3-,20,21,22,25,27,28)/p+1/t12-,13?,16-/m1/s1. The Morgan fingerprint density at radius 2 is 2.07 bits per heavy atom. The number of thiazole rings is 1. The zero-order valence-electron chi connectivity index (χ0n) is 15.4. The van der Waals surface area contributed by atoms with Gasteiger partial charge in [-0.2, -0.15) is 0 Å². The predicted molar refractivity (Wildman–Crippen MR) is 110 cm³/mol. The number of β-lactam (4-membered cyclic amide) rings is 1. The van der Waals surface area contributed by atoms with Gasteiger partial charge in [0.2, 0.25) is 5.91 Å². The molecule has 0 bridgehead atoms. The molecule has 2 aromatic rings. The highest BCUT2D eigenvalue weighted by Crippen LogP contribution is 2.40. The van der Waals surface area contributed by atoms with Gasteiger partial charge in [-0.25, -0.2) is 14.3 Å². The first kappa shape index (κ1) is 20.0. The van der Waals surface area contributed by atoms with Crippen LogP contribution in [-0.4, -0.2) is 55.9 Å². The van der Waals surface area contributed by atoms with Gasteiger partial charge in [-0.3, -0.25) is 15.0 Å². The van der Waals surface area contributed by atoms with Crippen molar-refractivity contribution in [2.24, 2.45) is 0 Å². The number of nitrogens with one attached hydrogen (secondary N) is 2. The second-order valence-electron chi connectivity index (χ2n) is 6.65. The second kappa shape index (κ2) is 7.88. The molecule has 5 N–H and O–H groups in total. The number of hydrogen-bond donors (Lipinski definition) is 4. The highest BCUT2D eigenvalue weighted by Gasteiger charge is 2.56. The number of amides is 2. The number of carboxylic acid groups (broad SMARTS) is 1. The molecule has 0 aliphatic carbocycles.